The van der Waals surface area contributed by atoms with Crippen molar-refractivity contribution in [3.8, 4) is 0 Å². The normalized spacial score (nSPS) is 14.0. The van der Waals surface area contributed by atoms with Crippen LogP contribution < -0.4 is 5.76 Å². The predicted octanol–water partition coefficient (Wildman–Crippen LogP) is 0.568. The number of aromatic nitrogens is 2. The van der Waals surface area contributed by atoms with Crippen molar-refractivity contribution in [3.63, 3.8) is 0 Å². The van der Waals surface area contributed by atoms with Gasteiger partial charge in [0.1, 0.15) is 13.2 Å². The Morgan fingerprint density at radius 1 is 1.36 bits per heavy atom. The lowest BCUT2D eigenvalue weighted by molar-refractivity contribution is -0.133. The second kappa shape index (κ2) is 6.15. The molecule has 116 valence electrons. The van der Waals surface area contributed by atoms with Crippen LogP contribution in [0.1, 0.15) is 17.0 Å². The number of hydrogen-bond acceptors (Lipinski definition) is 5. The van der Waals surface area contributed by atoms with Gasteiger partial charge in [0.15, 0.2) is 0 Å². The maximum absolute atomic E-state index is 12.3. The Kier molecular flexibility index (Phi) is 4.06. The van der Waals surface area contributed by atoms with Crippen LogP contribution in [-0.4, -0.2) is 34.2 Å². The average Bonchev–Trinajstić information content (AvgIpc) is 2.87. The highest BCUT2D eigenvalue weighted by molar-refractivity contribution is 5.76. The largest absolute Gasteiger partial charge is 0.437 e. The summed E-state index contributed by atoms with van der Waals surface area (Å²) in [7, 11) is 1.48. The Morgan fingerprint density at radius 2 is 2.14 bits per heavy atom. The van der Waals surface area contributed by atoms with E-state index in [9.17, 15) is 9.59 Å². The van der Waals surface area contributed by atoms with E-state index >= 15 is 0 Å². The molecular weight excluding hydrogens is 286 g/mol. The smallest absolute Gasteiger partial charge is 0.390 e. The zero-order valence-electron chi connectivity index (χ0n) is 12.3. The van der Waals surface area contributed by atoms with Crippen molar-refractivity contribution in [2.45, 2.75) is 26.1 Å². The van der Waals surface area contributed by atoms with E-state index in [2.05, 4.69) is 11.2 Å². The molecular formula is C15H17N3O4. The molecule has 0 saturated heterocycles. The fraction of sp³-hybridized carbons (Fsp3) is 0.400. The average molecular weight is 303 g/mol. The Morgan fingerprint density at radius 3 is 2.91 bits per heavy atom. The van der Waals surface area contributed by atoms with E-state index in [1.165, 1.54) is 12.7 Å². The summed E-state index contributed by atoms with van der Waals surface area (Å²) in [5.41, 5.74) is 2.42. The van der Waals surface area contributed by atoms with E-state index in [4.69, 9.17) is 9.15 Å². The molecule has 22 heavy (non-hydrogen) atoms. The summed E-state index contributed by atoms with van der Waals surface area (Å²) in [5, 5.41) is 3.94. The van der Waals surface area contributed by atoms with Crippen LogP contribution in [0.3, 0.4) is 0 Å². The summed E-state index contributed by atoms with van der Waals surface area (Å²) >= 11 is 0. The molecule has 0 saturated carbocycles. The minimum atomic E-state index is -0.641. The highest BCUT2D eigenvalue weighted by Gasteiger charge is 2.22. The lowest BCUT2D eigenvalue weighted by Gasteiger charge is -2.28. The van der Waals surface area contributed by atoms with E-state index in [0.29, 0.717) is 13.1 Å². The van der Waals surface area contributed by atoms with Crippen molar-refractivity contribution in [1.82, 2.24) is 14.7 Å². The summed E-state index contributed by atoms with van der Waals surface area (Å²) < 4.78 is 10.8. The van der Waals surface area contributed by atoms with E-state index in [1.807, 2.05) is 18.2 Å². The monoisotopic (exact) mass is 303 g/mol. The zero-order chi connectivity index (χ0) is 15.5. The Bertz CT molecular complexity index is 734. The van der Waals surface area contributed by atoms with Gasteiger partial charge in [0.05, 0.1) is 0 Å². The van der Waals surface area contributed by atoms with E-state index in [1.54, 1.807) is 4.90 Å². The maximum Gasteiger partial charge on any atom is 0.437 e. The first-order valence-corrected chi connectivity index (χ1v) is 7.07. The Balaban J connectivity index is 1.69. The van der Waals surface area contributed by atoms with Crippen molar-refractivity contribution in [2.24, 2.45) is 0 Å². The summed E-state index contributed by atoms with van der Waals surface area (Å²) in [6.45, 7) is 1.20. The van der Waals surface area contributed by atoms with Crippen molar-refractivity contribution < 1.29 is 13.9 Å². The van der Waals surface area contributed by atoms with Gasteiger partial charge in [-0.15, -0.1) is 5.10 Å². The first-order chi connectivity index (χ1) is 10.7. The number of fused-ring (bicyclic) bond motifs is 1. The number of amides is 1. The molecule has 1 aromatic carbocycles. The van der Waals surface area contributed by atoms with Crippen molar-refractivity contribution in [3.05, 3.63) is 51.8 Å². The lowest BCUT2D eigenvalue weighted by Crippen LogP contribution is -2.39. The van der Waals surface area contributed by atoms with Crippen molar-refractivity contribution in [2.75, 3.05) is 13.7 Å². The molecule has 1 aliphatic rings. The molecule has 0 N–H and O–H groups in total. The molecule has 0 fully saturated rings. The molecule has 1 aliphatic heterocycles. The molecule has 0 bridgehead atoms. The first-order valence-electron chi connectivity index (χ1n) is 7.07. The molecule has 2 aromatic rings. The molecule has 0 radical (unpaired) electrons. The SMILES string of the molecule is COCc1nn(CC(=O)N2CCc3ccccc3C2)c(=O)o1. The number of rotatable bonds is 4. The topological polar surface area (TPSA) is 77.6 Å². The molecule has 7 nitrogen and oxygen atoms in total. The van der Waals surface area contributed by atoms with Gasteiger partial charge in [0.25, 0.3) is 0 Å². The van der Waals surface area contributed by atoms with Gasteiger partial charge in [-0.05, 0) is 17.5 Å². The van der Waals surface area contributed by atoms with Crippen molar-refractivity contribution in [1.29, 1.82) is 0 Å². The fourth-order valence-electron chi connectivity index (χ4n) is 2.57. The van der Waals surface area contributed by atoms with Gasteiger partial charge >= 0.3 is 5.76 Å². The number of nitrogens with zero attached hydrogens (tertiary/aromatic N) is 3. The fourth-order valence-corrected chi connectivity index (χ4v) is 2.57. The third-order valence-corrected chi connectivity index (χ3v) is 3.68. The lowest BCUT2D eigenvalue weighted by atomic mass is 10.00. The summed E-state index contributed by atoms with van der Waals surface area (Å²) in [4.78, 5) is 25.7. The minimum Gasteiger partial charge on any atom is -0.390 e. The van der Waals surface area contributed by atoms with Crippen LogP contribution in [0.2, 0.25) is 0 Å². The number of benzene rings is 1. The van der Waals surface area contributed by atoms with Crippen LogP contribution in [0.4, 0.5) is 0 Å². The van der Waals surface area contributed by atoms with Gasteiger partial charge in [-0.1, -0.05) is 24.3 Å². The number of carbonyl (C=O) groups is 1. The van der Waals surface area contributed by atoms with Crippen molar-refractivity contribution >= 4 is 5.91 Å². The van der Waals surface area contributed by atoms with E-state index < -0.39 is 5.76 Å². The molecule has 1 aromatic heterocycles. The van der Waals surface area contributed by atoms with Crippen LogP contribution in [0.15, 0.2) is 33.5 Å². The quantitative estimate of drug-likeness (QED) is 0.825. The van der Waals surface area contributed by atoms with Gasteiger partial charge in [-0.2, -0.15) is 4.68 Å². The molecule has 1 amide bonds. The maximum atomic E-state index is 12.3. The molecule has 0 aliphatic carbocycles. The van der Waals surface area contributed by atoms with Crippen LogP contribution in [0, 0.1) is 0 Å². The third kappa shape index (κ3) is 2.94. The highest BCUT2D eigenvalue weighted by Crippen LogP contribution is 2.18. The highest BCUT2D eigenvalue weighted by atomic mass is 16.5. The summed E-state index contributed by atoms with van der Waals surface area (Å²) in [5.74, 6) is -0.615. The number of ether oxygens (including phenoxy) is 1. The van der Waals surface area contributed by atoms with Crippen LogP contribution in [0.5, 0.6) is 0 Å². The van der Waals surface area contributed by atoms with Gasteiger partial charge in [0, 0.05) is 20.2 Å². The zero-order valence-corrected chi connectivity index (χ0v) is 12.3. The summed E-state index contributed by atoms with van der Waals surface area (Å²) in [6, 6.07) is 8.07. The standard InChI is InChI=1S/C15H17N3O4/c1-21-10-13-16-18(15(20)22-13)9-14(19)17-7-6-11-4-2-3-5-12(11)8-17/h2-5H,6-10H2,1H3. The number of carbonyl (C=O) groups excluding carboxylic acids is 1. The van der Waals surface area contributed by atoms with Gasteiger partial charge in [0.2, 0.25) is 11.8 Å². The van der Waals surface area contributed by atoms with Gasteiger partial charge in [-0.3, -0.25) is 4.79 Å². The number of methoxy groups -OCH3 is 1. The molecule has 2 heterocycles. The predicted molar refractivity (Wildman–Crippen MR) is 77.0 cm³/mol. The second-order valence-electron chi connectivity index (χ2n) is 5.19. The minimum absolute atomic E-state index is 0.105. The third-order valence-electron chi connectivity index (χ3n) is 3.68. The van der Waals surface area contributed by atoms with Gasteiger partial charge < -0.3 is 14.1 Å². The van der Waals surface area contributed by atoms with Crippen LogP contribution in [0.25, 0.3) is 0 Å². The second-order valence-corrected chi connectivity index (χ2v) is 5.19. The molecule has 0 spiro atoms. The Hall–Kier alpha value is -2.41. The van der Waals surface area contributed by atoms with Crippen LogP contribution in [-0.2, 0) is 35.6 Å². The van der Waals surface area contributed by atoms with E-state index in [-0.39, 0.29) is 24.9 Å². The molecule has 0 unspecified atom stereocenters. The Labute approximate surface area is 127 Å². The molecule has 3 rings (SSSR count). The molecule has 7 heteroatoms. The van der Waals surface area contributed by atoms with Crippen LogP contribution >= 0.6 is 0 Å². The summed E-state index contributed by atoms with van der Waals surface area (Å²) in [6.07, 6.45) is 0.824. The first kappa shape index (κ1) is 14.5. The van der Waals surface area contributed by atoms with E-state index in [0.717, 1.165) is 16.7 Å². The molecule has 0 atom stereocenters. The van der Waals surface area contributed by atoms with Gasteiger partial charge in [-0.25, -0.2) is 4.79 Å². The number of hydrogen-bond donors (Lipinski definition) is 0.